The molecule has 0 aromatic rings. The van der Waals surface area contributed by atoms with E-state index >= 15 is 0 Å². The van der Waals surface area contributed by atoms with Gasteiger partial charge in [-0.1, -0.05) is 12.8 Å². The molecule has 1 rings (SSSR count). The second-order valence-electron chi connectivity index (χ2n) is 2.79. The smallest absolute Gasteiger partial charge is 0.0223 e. The average Bonchev–Trinajstić information content (AvgIpc) is 2.50. The van der Waals surface area contributed by atoms with Gasteiger partial charge >= 0.3 is 0 Å². The summed E-state index contributed by atoms with van der Waals surface area (Å²) in [4.78, 5) is 0. The van der Waals surface area contributed by atoms with Crippen LogP contribution in [0, 0.1) is 31.6 Å². The third-order valence-electron chi connectivity index (χ3n) is 1.83. The Morgan fingerprint density at radius 1 is 1.00 bits per heavy atom. The van der Waals surface area contributed by atoms with Crippen molar-refractivity contribution in [1.82, 2.24) is 0 Å². The molecule has 5 radical (unpaired) electrons. The number of alkyl halides is 1. The maximum absolute atomic E-state index is 5.56. The van der Waals surface area contributed by atoms with Gasteiger partial charge in [0.1, 0.15) is 0 Å². The van der Waals surface area contributed by atoms with Gasteiger partial charge in [0.25, 0.3) is 0 Å². The lowest BCUT2D eigenvalue weighted by molar-refractivity contribution is 0.696. The van der Waals surface area contributed by atoms with Crippen LogP contribution in [0.5, 0.6) is 0 Å². The number of hydrogen-bond donors (Lipinski definition) is 0. The van der Waals surface area contributed by atoms with Crippen LogP contribution in [0.4, 0.5) is 0 Å². The van der Waals surface area contributed by atoms with Crippen molar-refractivity contribution in [1.29, 1.82) is 0 Å². The molecule has 61 valence electrons. The molecule has 1 aliphatic carbocycles. The molecule has 1 aliphatic rings. The van der Waals surface area contributed by atoms with Crippen molar-refractivity contribution in [2.75, 3.05) is 5.88 Å². The highest BCUT2D eigenvalue weighted by atomic mass is 35.5. The Balaban J connectivity index is 1.86. The van der Waals surface area contributed by atoms with E-state index in [1.807, 2.05) is 0 Å². The highest BCUT2D eigenvalue weighted by Crippen LogP contribution is 2.27. The van der Waals surface area contributed by atoms with Crippen LogP contribution < -0.4 is 0 Å². The largest absolute Gasteiger partial charge is 0.127 e. The molecule has 0 spiro atoms. The average molecular weight is 170 g/mol. The Hall–Kier alpha value is 0.290. The topological polar surface area (TPSA) is 0 Å². The van der Waals surface area contributed by atoms with Gasteiger partial charge in [-0.15, -0.1) is 11.6 Å². The first-order chi connectivity index (χ1) is 5.43. The van der Waals surface area contributed by atoms with Crippen molar-refractivity contribution < 1.29 is 0 Å². The van der Waals surface area contributed by atoms with Crippen LogP contribution in [-0.2, 0) is 0 Å². The molecule has 0 aromatic heterocycles. The van der Waals surface area contributed by atoms with Crippen LogP contribution in [0.15, 0.2) is 0 Å². The molecule has 0 nitrogen and oxygen atoms in total. The number of unbranched alkanes of at least 4 members (excludes halogenated alkanes) is 2. The van der Waals surface area contributed by atoms with E-state index in [0.717, 1.165) is 12.3 Å². The Morgan fingerprint density at radius 3 is 2.36 bits per heavy atom. The van der Waals surface area contributed by atoms with Crippen LogP contribution in [-0.4, -0.2) is 5.88 Å². The fourth-order valence-electron chi connectivity index (χ4n) is 1.18. The molecule has 0 heterocycles. The molecule has 0 saturated heterocycles. The molecule has 0 unspecified atom stereocenters. The quantitative estimate of drug-likeness (QED) is 0.438. The second kappa shape index (κ2) is 5.88. The van der Waals surface area contributed by atoms with Crippen LogP contribution >= 0.6 is 11.6 Å². The molecule has 0 N–H and O–H groups in total. The van der Waals surface area contributed by atoms with Gasteiger partial charge in [0.05, 0.1) is 0 Å². The zero-order valence-corrected chi connectivity index (χ0v) is 7.48. The first-order valence-corrected chi connectivity index (χ1v) is 4.73. The summed E-state index contributed by atoms with van der Waals surface area (Å²) in [5.41, 5.74) is 0. The van der Waals surface area contributed by atoms with Gasteiger partial charge in [-0.25, -0.2) is 0 Å². The van der Waals surface area contributed by atoms with Gasteiger partial charge in [-0.2, -0.15) is 0 Å². The minimum Gasteiger partial charge on any atom is -0.127 e. The highest BCUT2D eigenvalue weighted by Gasteiger charge is 2.15. The van der Waals surface area contributed by atoms with Crippen LogP contribution in [0.25, 0.3) is 0 Å². The molecule has 11 heavy (non-hydrogen) atoms. The fourth-order valence-corrected chi connectivity index (χ4v) is 1.37. The van der Waals surface area contributed by atoms with Crippen molar-refractivity contribution in [2.45, 2.75) is 25.7 Å². The summed E-state index contributed by atoms with van der Waals surface area (Å²) in [5.74, 6) is 2.26. The summed E-state index contributed by atoms with van der Waals surface area (Å²) in [7, 11) is 0. The number of hydrogen-bond acceptors (Lipinski definition) is 0. The summed E-state index contributed by atoms with van der Waals surface area (Å²) in [5, 5.41) is 0. The Bertz CT molecular complexity index is 84.9. The molecular formula is C10H14Cl. The molecule has 1 heteroatoms. The molecule has 0 atom stereocenters. The number of halogens is 1. The Morgan fingerprint density at radius 2 is 1.73 bits per heavy atom. The van der Waals surface area contributed by atoms with Crippen molar-refractivity contribution in [3.63, 3.8) is 0 Å². The predicted molar refractivity (Wildman–Crippen MR) is 49.6 cm³/mol. The summed E-state index contributed by atoms with van der Waals surface area (Å²) >= 11 is 5.56. The van der Waals surface area contributed by atoms with E-state index in [2.05, 4.69) is 25.7 Å². The minimum absolute atomic E-state index is 0.807. The minimum atomic E-state index is 0.807. The molecule has 0 bridgehead atoms. The fraction of sp³-hybridized carbons (Fsp3) is 0.500. The molecule has 0 amide bonds. The van der Waals surface area contributed by atoms with Crippen LogP contribution in [0.2, 0.25) is 0 Å². The van der Waals surface area contributed by atoms with E-state index in [-0.39, 0.29) is 0 Å². The first kappa shape index (κ1) is 9.38. The molecule has 0 aliphatic heterocycles. The Kier molecular flexibility index (Phi) is 5.01. The summed E-state index contributed by atoms with van der Waals surface area (Å²) in [6.07, 6.45) is 13.5. The maximum Gasteiger partial charge on any atom is 0.0223 e. The van der Waals surface area contributed by atoms with E-state index in [4.69, 9.17) is 11.6 Å². The first-order valence-electron chi connectivity index (χ1n) is 4.20. The summed E-state index contributed by atoms with van der Waals surface area (Å²) in [6.45, 7) is 0. The van der Waals surface area contributed by atoms with Gasteiger partial charge in [-0.05, 0) is 44.4 Å². The van der Waals surface area contributed by atoms with Crippen LogP contribution in [0.1, 0.15) is 25.7 Å². The van der Waals surface area contributed by atoms with Crippen molar-refractivity contribution in [3.05, 3.63) is 31.6 Å². The SMILES string of the molecule is ClCCCCC[C]1[CH][CH][CH][CH]1. The zero-order chi connectivity index (χ0) is 7.94. The van der Waals surface area contributed by atoms with E-state index < -0.39 is 0 Å². The van der Waals surface area contributed by atoms with E-state index in [1.165, 1.54) is 25.2 Å². The molecular weight excluding hydrogens is 156 g/mol. The van der Waals surface area contributed by atoms with Crippen molar-refractivity contribution >= 4 is 11.6 Å². The number of rotatable bonds is 5. The lowest BCUT2D eigenvalue weighted by Crippen LogP contribution is -1.91. The lowest BCUT2D eigenvalue weighted by Gasteiger charge is -2.05. The molecule has 1 saturated carbocycles. The lowest BCUT2D eigenvalue weighted by atomic mass is 10.0. The van der Waals surface area contributed by atoms with Gasteiger partial charge < -0.3 is 0 Å². The van der Waals surface area contributed by atoms with Crippen molar-refractivity contribution in [2.24, 2.45) is 0 Å². The zero-order valence-electron chi connectivity index (χ0n) is 6.72. The predicted octanol–water partition coefficient (Wildman–Crippen LogP) is 3.19. The molecule has 1 fully saturated rings. The third-order valence-corrected chi connectivity index (χ3v) is 2.10. The third kappa shape index (κ3) is 4.00. The van der Waals surface area contributed by atoms with E-state index in [9.17, 15) is 0 Å². The van der Waals surface area contributed by atoms with Gasteiger partial charge in [-0.3, -0.25) is 0 Å². The second-order valence-corrected chi connectivity index (χ2v) is 3.17. The van der Waals surface area contributed by atoms with Gasteiger partial charge in [0, 0.05) is 5.88 Å². The van der Waals surface area contributed by atoms with E-state index in [0.29, 0.717) is 0 Å². The maximum atomic E-state index is 5.56. The molecule has 0 aromatic carbocycles. The normalized spacial score (nSPS) is 19.4. The standard InChI is InChI=1S/C10H14Cl/c11-9-5-1-2-6-10-7-3-4-8-10/h3-4,7-8H,1-2,5-6,9H2. The van der Waals surface area contributed by atoms with Gasteiger partial charge in [0.15, 0.2) is 0 Å². The van der Waals surface area contributed by atoms with Crippen LogP contribution in [0.3, 0.4) is 0 Å². The Labute approximate surface area is 75.3 Å². The van der Waals surface area contributed by atoms with Crippen molar-refractivity contribution in [3.8, 4) is 0 Å². The van der Waals surface area contributed by atoms with E-state index in [1.54, 1.807) is 0 Å². The summed E-state index contributed by atoms with van der Waals surface area (Å²) < 4.78 is 0. The summed E-state index contributed by atoms with van der Waals surface area (Å²) in [6, 6.07) is 0. The van der Waals surface area contributed by atoms with Gasteiger partial charge in [0.2, 0.25) is 0 Å². The monoisotopic (exact) mass is 169 g/mol. The highest BCUT2D eigenvalue weighted by molar-refractivity contribution is 6.17.